The smallest absolute Gasteiger partial charge is 0.161 e. The normalized spacial score (nSPS) is 18.0. The van der Waals surface area contributed by atoms with Gasteiger partial charge in [-0.1, -0.05) is 29.3 Å². The summed E-state index contributed by atoms with van der Waals surface area (Å²) in [4.78, 5) is 17.9. The molecule has 0 radical (unpaired) electrons. The van der Waals surface area contributed by atoms with Crippen LogP contribution >= 0.6 is 23.2 Å². The minimum absolute atomic E-state index is 0.0136. The predicted molar refractivity (Wildman–Crippen MR) is 91.6 cm³/mol. The van der Waals surface area contributed by atoms with Gasteiger partial charge in [-0.05, 0) is 36.8 Å². The van der Waals surface area contributed by atoms with E-state index < -0.39 is 0 Å². The Bertz CT molecular complexity index is 719. The molecule has 1 unspecified atom stereocenters. The highest BCUT2D eigenvalue weighted by Gasteiger charge is 2.23. The highest BCUT2D eigenvalue weighted by molar-refractivity contribution is 6.42. The average Bonchev–Trinajstić information content (AvgIpc) is 2.57. The van der Waals surface area contributed by atoms with Crippen LogP contribution in [0.15, 0.2) is 36.5 Å². The first kappa shape index (κ1) is 16.2. The topological polar surface area (TPSA) is 42.4 Å². The monoisotopic (exact) mass is 350 g/mol. The van der Waals surface area contributed by atoms with Crippen LogP contribution in [-0.4, -0.2) is 30.5 Å². The summed E-state index contributed by atoms with van der Waals surface area (Å²) in [5, 5.41) is 1.05. The third kappa shape index (κ3) is 3.66. The van der Waals surface area contributed by atoms with Crippen LogP contribution in [-0.2, 0) is 4.74 Å². The summed E-state index contributed by atoms with van der Waals surface area (Å²) in [5.41, 5.74) is 1.60. The van der Waals surface area contributed by atoms with Gasteiger partial charge in [0.15, 0.2) is 5.78 Å². The zero-order valence-corrected chi connectivity index (χ0v) is 14.1. The number of nitrogens with zero attached hydrogens (tertiary/aromatic N) is 2. The van der Waals surface area contributed by atoms with Crippen LogP contribution in [0.2, 0.25) is 10.0 Å². The molecule has 6 heteroatoms. The van der Waals surface area contributed by atoms with E-state index in [4.69, 9.17) is 27.9 Å². The van der Waals surface area contributed by atoms with Gasteiger partial charge < -0.3 is 9.64 Å². The number of carbonyl (C=O) groups is 1. The number of halogens is 2. The van der Waals surface area contributed by atoms with Crippen molar-refractivity contribution in [3.05, 3.63) is 57.7 Å². The van der Waals surface area contributed by atoms with Crippen molar-refractivity contribution in [2.75, 3.05) is 24.6 Å². The number of hydrogen-bond donors (Lipinski definition) is 0. The molecule has 0 amide bonds. The van der Waals surface area contributed by atoms with Crippen molar-refractivity contribution >= 4 is 34.8 Å². The fraction of sp³-hybridized carbons (Fsp3) is 0.294. The molecule has 1 fully saturated rings. The van der Waals surface area contributed by atoms with Gasteiger partial charge in [0.1, 0.15) is 11.9 Å². The number of benzene rings is 1. The van der Waals surface area contributed by atoms with E-state index >= 15 is 0 Å². The van der Waals surface area contributed by atoms with Crippen LogP contribution in [0.4, 0.5) is 5.82 Å². The lowest BCUT2D eigenvalue weighted by Crippen LogP contribution is -2.38. The molecule has 1 atom stereocenters. The lowest BCUT2D eigenvalue weighted by molar-refractivity contribution is 0.0395. The average molecular weight is 351 g/mol. The highest BCUT2D eigenvalue weighted by Crippen LogP contribution is 2.30. The van der Waals surface area contributed by atoms with E-state index in [9.17, 15) is 4.79 Å². The van der Waals surface area contributed by atoms with Gasteiger partial charge in [-0.3, -0.25) is 4.79 Å². The summed E-state index contributed by atoms with van der Waals surface area (Å²) in [7, 11) is 0. The Hall–Kier alpha value is -1.62. The van der Waals surface area contributed by atoms with Crippen LogP contribution in [0, 0.1) is 0 Å². The van der Waals surface area contributed by atoms with E-state index in [2.05, 4.69) is 9.88 Å². The molecule has 1 aromatic carbocycles. The Morgan fingerprint density at radius 3 is 2.74 bits per heavy atom. The minimum Gasteiger partial charge on any atom is -0.370 e. The molecule has 0 aliphatic carbocycles. The minimum atomic E-state index is -0.0900. The molecule has 2 heterocycles. The van der Waals surface area contributed by atoms with E-state index in [1.165, 1.54) is 6.92 Å². The summed E-state index contributed by atoms with van der Waals surface area (Å²) >= 11 is 12.1. The molecular formula is C17H16Cl2N2O2. The SMILES string of the molecule is CC(=O)c1ccc(N2CCOC(c3ccc(Cl)c(Cl)c3)C2)nc1. The number of ketones is 1. The van der Waals surface area contributed by atoms with Crippen molar-refractivity contribution in [1.82, 2.24) is 4.98 Å². The van der Waals surface area contributed by atoms with Gasteiger partial charge in [-0.25, -0.2) is 4.98 Å². The summed E-state index contributed by atoms with van der Waals surface area (Å²) in [6.45, 7) is 3.56. The molecule has 4 nitrogen and oxygen atoms in total. The summed E-state index contributed by atoms with van der Waals surface area (Å²) in [6, 6.07) is 9.21. The van der Waals surface area contributed by atoms with Crippen molar-refractivity contribution in [3.8, 4) is 0 Å². The van der Waals surface area contributed by atoms with Gasteiger partial charge in [0.2, 0.25) is 0 Å². The Morgan fingerprint density at radius 1 is 1.26 bits per heavy atom. The van der Waals surface area contributed by atoms with E-state index in [1.807, 2.05) is 18.2 Å². The first-order valence-corrected chi connectivity index (χ1v) is 8.08. The van der Waals surface area contributed by atoms with Gasteiger partial charge in [-0.2, -0.15) is 0 Å². The van der Waals surface area contributed by atoms with E-state index in [-0.39, 0.29) is 11.9 Å². The van der Waals surface area contributed by atoms with Crippen molar-refractivity contribution < 1.29 is 9.53 Å². The van der Waals surface area contributed by atoms with E-state index in [0.29, 0.717) is 28.8 Å². The third-order valence-corrected chi connectivity index (χ3v) is 4.60. The van der Waals surface area contributed by atoms with Gasteiger partial charge in [-0.15, -0.1) is 0 Å². The molecule has 1 aliphatic rings. The number of rotatable bonds is 3. The quantitative estimate of drug-likeness (QED) is 0.779. The Balaban J connectivity index is 1.77. The molecule has 0 spiro atoms. The number of pyridine rings is 1. The van der Waals surface area contributed by atoms with Crippen LogP contribution in [0.25, 0.3) is 0 Å². The molecule has 1 aromatic heterocycles. The first-order chi connectivity index (χ1) is 11.0. The second-order valence-corrected chi connectivity index (χ2v) is 6.25. The van der Waals surface area contributed by atoms with E-state index in [1.54, 1.807) is 18.3 Å². The number of hydrogen-bond acceptors (Lipinski definition) is 4. The Kier molecular flexibility index (Phi) is 4.85. The van der Waals surface area contributed by atoms with E-state index in [0.717, 1.165) is 17.9 Å². The van der Waals surface area contributed by atoms with Crippen LogP contribution < -0.4 is 4.90 Å². The van der Waals surface area contributed by atoms with Gasteiger partial charge in [0, 0.05) is 24.8 Å². The first-order valence-electron chi connectivity index (χ1n) is 7.33. The van der Waals surface area contributed by atoms with Crippen LogP contribution in [0.3, 0.4) is 0 Å². The van der Waals surface area contributed by atoms with Crippen molar-refractivity contribution in [2.24, 2.45) is 0 Å². The summed E-state index contributed by atoms with van der Waals surface area (Å²) in [5.74, 6) is 0.850. The van der Waals surface area contributed by atoms with Gasteiger partial charge in [0.05, 0.1) is 16.7 Å². The maximum absolute atomic E-state index is 11.3. The predicted octanol–water partition coefficient (Wildman–Crippen LogP) is 4.17. The fourth-order valence-electron chi connectivity index (χ4n) is 2.55. The molecule has 1 saturated heterocycles. The lowest BCUT2D eigenvalue weighted by Gasteiger charge is -2.34. The van der Waals surface area contributed by atoms with Crippen LogP contribution in [0.1, 0.15) is 28.9 Å². The zero-order chi connectivity index (χ0) is 16.4. The van der Waals surface area contributed by atoms with Gasteiger partial charge in [0.25, 0.3) is 0 Å². The summed E-state index contributed by atoms with van der Waals surface area (Å²) in [6.07, 6.45) is 1.52. The number of carbonyl (C=O) groups excluding carboxylic acids is 1. The lowest BCUT2D eigenvalue weighted by atomic mass is 10.1. The molecule has 2 aromatic rings. The molecular weight excluding hydrogens is 335 g/mol. The number of anilines is 1. The molecule has 23 heavy (non-hydrogen) atoms. The van der Waals surface area contributed by atoms with Crippen LogP contribution in [0.5, 0.6) is 0 Å². The second-order valence-electron chi connectivity index (χ2n) is 5.44. The number of aromatic nitrogens is 1. The molecule has 1 aliphatic heterocycles. The number of Topliss-reactive ketones (excluding diaryl/α,β-unsaturated/α-hetero) is 1. The highest BCUT2D eigenvalue weighted by atomic mass is 35.5. The maximum atomic E-state index is 11.3. The third-order valence-electron chi connectivity index (χ3n) is 3.86. The number of morpholine rings is 1. The fourth-order valence-corrected chi connectivity index (χ4v) is 2.86. The van der Waals surface area contributed by atoms with Gasteiger partial charge >= 0.3 is 0 Å². The summed E-state index contributed by atoms with van der Waals surface area (Å²) < 4.78 is 5.85. The molecule has 0 saturated carbocycles. The maximum Gasteiger partial charge on any atom is 0.161 e. The number of ether oxygens (including phenoxy) is 1. The Labute approximate surface area is 145 Å². The largest absolute Gasteiger partial charge is 0.370 e. The molecule has 120 valence electrons. The standard InChI is InChI=1S/C17H16Cl2N2O2/c1-11(22)13-3-5-17(20-9-13)21-6-7-23-16(10-21)12-2-4-14(18)15(19)8-12/h2-5,8-9,16H,6-7,10H2,1H3. The Morgan fingerprint density at radius 2 is 2.09 bits per heavy atom. The van der Waals surface area contributed by atoms with Crippen molar-refractivity contribution in [2.45, 2.75) is 13.0 Å². The zero-order valence-electron chi connectivity index (χ0n) is 12.6. The molecule has 0 bridgehead atoms. The van der Waals surface area contributed by atoms with Crippen molar-refractivity contribution in [3.63, 3.8) is 0 Å². The molecule has 3 rings (SSSR count). The second kappa shape index (κ2) is 6.87. The van der Waals surface area contributed by atoms with Crippen molar-refractivity contribution in [1.29, 1.82) is 0 Å². The molecule has 0 N–H and O–H groups in total.